The van der Waals surface area contributed by atoms with E-state index in [1.54, 1.807) is 31.2 Å². The standard InChI is InChI=1S/C13H16O3/c1-3-11(12(14)15)13(16,4-2)10-8-6-5-7-9-10/h4-9,11,16H,2-3H2,1H3,(H,14,15). The summed E-state index contributed by atoms with van der Waals surface area (Å²) in [7, 11) is 0. The minimum atomic E-state index is -1.51. The van der Waals surface area contributed by atoms with E-state index in [1.165, 1.54) is 6.08 Å². The first-order chi connectivity index (χ1) is 7.56. The fourth-order valence-electron chi connectivity index (χ4n) is 1.84. The van der Waals surface area contributed by atoms with Gasteiger partial charge in [-0.2, -0.15) is 0 Å². The Hall–Kier alpha value is -1.61. The van der Waals surface area contributed by atoms with Crippen LogP contribution in [0.4, 0.5) is 0 Å². The van der Waals surface area contributed by atoms with Gasteiger partial charge in [0.05, 0.1) is 5.92 Å². The predicted octanol–water partition coefficient (Wildman–Crippen LogP) is 2.17. The molecule has 0 aliphatic rings. The number of rotatable bonds is 5. The zero-order valence-corrected chi connectivity index (χ0v) is 9.26. The van der Waals surface area contributed by atoms with Gasteiger partial charge in [0.1, 0.15) is 5.60 Å². The molecule has 16 heavy (non-hydrogen) atoms. The maximum atomic E-state index is 11.1. The third kappa shape index (κ3) is 2.14. The summed E-state index contributed by atoms with van der Waals surface area (Å²) in [5.74, 6) is -1.90. The van der Waals surface area contributed by atoms with Crippen LogP contribution in [0.5, 0.6) is 0 Å². The number of aliphatic carboxylic acids is 1. The summed E-state index contributed by atoms with van der Waals surface area (Å²) in [5, 5.41) is 19.5. The molecular formula is C13H16O3. The fourth-order valence-corrected chi connectivity index (χ4v) is 1.84. The molecule has 0 bridgehead atoms. The smallest absolute Gasteiger partial charge is 0.310 e. The highest BCUT2D eigenvalue weighted by molar-refractivity contribution is 5.72. The number of hydrogen-bond donors (Lipinski definition) is 2. The lowest BCUT2D eigenvalue weighted by Crippen LogP contribution is -2.37. The Morgan fingerprint density at radius 3 is 2.44 bits per heavy atom. The quantitative estimate of drug-likeness (QED) is 0.748. The summed E-state index contributed by atoms with van der Waals surface area (Å²) in [4.78, 5) is 11.1. The van der Waals surface area contributed by atoms with Gasteiger partial charge < -0.3 is 10.2 Å². The van der Waals surface area contributed by atoms with E-state index in [1.807, 2.05) is 6.07 Å². The molecule has 0 aliphatic heterocycles. The fraction of sp³-hybridized carbons (Fsp3) is 0.308. The average Bonchev–Trinajstić information content (AvgIpc) is 2.30. The highest BCUT2D eigenvalue weighted by Gasteiger charge is 2.39. The second-order valence-electron chi connectivity index (χ2n) is 3.69. The van der Waals surface area contributed by atoms with Gasteiger partial charge in [-0.1, -0.05) is 49.9 Å². The molecule has 3 heteroatoms. The third-order valence-electron chi connectivity index (χ3n) is 2.79. The molecule has 0 aromatic heterocycles. The van der Waals surface area contributed by atoms with Crippen LogP contribution in [0.3, 0.4) is 0 Å². The molecule has 0 heterocycles. The molecule has 1 rings (SSSR count). The molecule has 0 amide bonds. The van der Waals surface area contributed by atoms with Gasteiger partial charge in [-0.05, 0) is 12.0 Å². The Balaban J connectivity index is 3.20. The monoisotopic (exact) mass is 220 g/mol. The summed E-state index contributed by atoms with van der Waals surface area (Å²) < 4.78 is 0. The van der Waals surface area contributed by atoms with E-state index in [0.717, 1.165) is 0 Å². The Morgan fingerprint density at radius 2 is 2.06 bits per heavy atom. The van der Waals surface area contributed by atoms with Crippen LogP contribution in [0.2, 0.25) is 0 Å². The van der Waals surface area contributed by atoms with Crippen LogP contribution in [-0.2, 0) is 10.4 Å². The maximum Gasteiger partial charge on any atom is 0.310 e. The molecule has 2 atom stereocenters. The molecule has 0 spiro atoms. The largest absolute Gasteiger partial charge is 0.481 e. The SMILES string of the molecule is C=CC(O)(c1ccccc1)C(CC)C(=O)O. The Labute approximate surface area is 95.0 Å². The Kier molecular flexibility index (Phi) is 3.85. The normalized spacial score (nSPS) is 16.1. The van der Waals surface area contributed by atoms with Gasteiger partial charge >= 0.3 is 5.97 Å². The van der Waals surface area contributed by atoms with Gasteiger partial charge in [0, 0.05) is 0 Å². The molecule has 1 aromatic rings. The van der Waals surface area contributed by atoms with Crippen LogP contribution in [0.25, 0.3) is 0 Å². The van der Waals surface area contributed by atoms with Gasteiger partial charge in [0.15, 0.2) is 0 Å². The summed E-state index contributed by atoms with van der Waals surface area (Å²) in [6.07, 6.45) is 1.64. The lowest BCUT2D eigenvalue weighted by atomic mass is 9.80. The van der Waals surface area contributed by atoms with E-state index in [9.17, 15) is 9.90 Å². The summed E-state index contributed by atoms with van der Waals surface area (Å²) in [6, 6.07) is 8.74. The molecule has 0 saturated heterocycles. The highest BCUT2D eigenvalue weighted by Crippen LogP contribution is 2.33. The third-order valence-corrected chi connectivity index (χ3v) is 2.79. The number of hydrogen-bond acceptors (Lipinski definition) is 2. The molecule has 0 fully saturated rings. The first-order valence-electron chi connectivity index (χ1n) is 5.20. The molecule has 2 N–H and O–H groups in total. The van der Waals surface area contributed by atoms with Crippen LogP contribution in [0, 0.1) is 5.92 Å². The van der Waals surface area contributed by atoms with Gasteiger partial charge in [-0.15, -0.1) is 0 Å². The minimum absolute atomic E-state index is 0.340. The molecule has 86 valence electrons. The van der Waals surface area contributed by atoms with Crippen molar-refractivity contribution in [1.29, 1.82) is 0 Å². The lowest BCUT2D eigenvalue weighted by molar-refractivity contribution is -0.149. The second kappa shape index (κ2) is 4.94. The van der Waals surface area contributed by atoms with Crippen molar-refractivity contribution in [1.82, 2.24) is 0 Å². The van der Waals surface area contributed by atoms with Gasteiger partial charge in [0.25, 0.3) is 0 Å². The Morgan fingerprint density at radius 1 is 1.50 bits per heavy atom. The van der Waals surface area contributed by atoms with Crippen molar-refractivity contribution < 1.29 is 15.0 Å². The van der Waals surface area contributed by atoms with E-state index < -0.39 is 17.5 Å². The minimum Gasteiger partial charge on any atom is -0.481 e. The number of carbonyl (C=O) groups is 1. The predicted molar refractivity (Wildman–Crippen MR) is 62.0 cm³/mol. The molecule has 0 saturated carbocycles. The maximum absolute atomic E-state index is 11.1. The summed E-state index contributed by atoms with van der Waals surface area (Å²) in [6.45, 7) is 5.28. The van der Waals surface area contributed by atoms with Crippen LogP contribution in [-0.4, -0.2) is 16.2 Å². The van der Waals surface area contributed by atoms with E-state index in [2.05, 4.69) is 6.58 Å². The first-order valence-corrected chi connectivity index (χ1v) is 5.20. The van der Waals surface area contributed by atoms with Crippen molar-refractivity contribution in [3.05, 3.63) is 48.6 Å². The molecule has 1 aromatic carbocycles. The number of aliphatic hydroxyl groups is 1. The topological polar surface area (TPSA) is 57.5 Å². The van der Waals surface area contributed by atoms with Crippen LogP contribution in [0.15, 0.2) is 43.0 Å². The Bertz CT molecular complexity index is 372. The first kappa shape index (κ1) is 12.5. The second-order valence-corrected chi connectivity index (χ2v) is 3.69. The molecule has 0 aliphatic carbocycles. The van der Waals surface area contributed by atoms with Crippen LogP contribution >= 0.6 is 0 Å². The zero-order valence-electron chi connectivity index (χ0n) is 9.26. The van der Waals surface area contributed by atoms with Crippen molar-refractivity contribution in [2.24, 2.45) is 5.92 Å². The van der Waals surface area contributed by atoms with E-state index in [-0.39, 0.29) is 0 Å². The van der Waals surface area contributed by atoms with E-state index >= 15 is 0 Å². The van der Waals surface area contributed by atoms with Crippen molar-refractivity contribution in [2.75, 3.05) is 0 Å². The number of benzene rings is 1. The summed E-state index contributed by atoms with van der Waals surface area (Å²) >= 11 is 0. The molecule has 0 radical (unpaired) electrons. The van der Waals surface area contributed by atoms with Gasteiger partial charge in [-0.3, -0.25) is 4.79 Å². The van der Waals surface area contributed by atoms with Crippen molar-refractivity contribution in [3.8, 4) is 0 Å². The van der Waals surface area contributed by atoms with E-state index in [0.29, 0.717) is 12.0 Å². The van der Waals surface area contributed by atoms with Gasteiger partial charge in [0.2, 0.25) is 0 Å². The molecular weight excluding hydrogens is 204 g/mol. The average molecular weight is 220 g/mol. The van der Waals surface area contributed by atoms with Gasteiger partial charge in [-0.25, -0.2) is 0 Å². The number of carboxylic acids is 1. The molecule has 3 nitrogen and oxygen atoms in total. The van der Waals surface area contributed by atoms with Crippen LogP contribution in [0.1, 0.15) is 18.9 Å². The van der Waals surface area contributed by atoms with Crippen molar-refractivity contribution in [2.45, 2.75) is 18.9 Å². The van der Waals surface area contributed by atoms with Crippen molar-refractivity contribution in [3.63, 3.8) is 0 Å². The number of carboxylic acid groups (broad SMARTS) is 1. The lowest BCUT2D eigenvalue weighted by Gasteiger charge is -2.30. The highest BCUT2D eigenvalue weighted by atomic mass is 16.4. The van der Waals surface area contributed by atoms with E-state index in [4.69, 9.17) is 5.11 Å². The van der Waals surface area contributed by atoms with Crippen LogP contribution < -0.4 is 0 Å². The van der Waals surface area contributed by atoms with Crippen molar-refractivity contribution >= 4 is 5.97 Å². The zero-order chi connectivity index (χ0) is 12.2. The summed E-state index contributed by atoms with van der Waals surface area (Å²) in [5.41, 5.74) is -0.957. The molecule has 2 unspecified atom stereocenters.